The number of halogens is 1. The summed E-state index contributed by atoms with van der Waals surface area (Å²) in [7, 11) is -2.36. The average molecular weight is 338 g/mol. The molecule has 0 aliphatic rings. The summed E-state index contributed by atoms with van der Waals surface area (Å²) in [6, 6.07) is 8.08. The molecule has 0 spiro atoms. The van der Waals surface area contributed by atoms with E-state index >= 15 is 0 Å². The van der Waals surface area contributed by atoms with Crippen molar-refractivity contribution < 1.29 is 9.09 Å². The van der Waals surface area contributed by atoms with Crippen LogP contribution in [0.25, 0.3) is 0 Å². The Balaban J connectivity index is 2.57. The predicted molar refractivity (Wildman–Crippen MR) is 72.6 cm³/mol. The van der Waals surface area contributed by atoms with Crippen molar-refractivity contribution in [2.75, 3.05) is 12.3 Å². The first-order valence-corrected chi connectivity index (χ1v) is 8.14. The second-order valence-corrected chi connectivity index (χ2v) is 7.74. The Morgan fingerprint density at radius 1 is 1.20 bits per heavy atom. The first kappa shape index (κ1) is 13.2. The molecule has 0 aromatic heterocycles. The number of hydrogen-bond acceptors (Lipinski definition) is 2. The molecule has 0 aliphatic heterocycles. The molecule has 0 unspecified atom stereocenters. The largest absolute Gasteiger partial charge is 0.324 e. The minimum atomic E-state index is -2.36. The summed E-state index contributed by atoms with van der Waals surface area (Å²) in [5.41, 5.74) is 1.08. The molecule has 0 N–H and O–H groups in total. The number of hydrogen-bond donors (Lipinski definition) is 0. The molecule has 15 heavy (non-hydrogen) atoms. The van der Waals surface area contributed by atoms with Gasteiger partial charge >= 0.3 is 0 Å². The smallest absolute Gasteiger partial charge is 0.202 e. The van der Waals surface area contributed by atoms with Crippen molar-refractivity contribution in [3.05, 3.63) is 33.4 Å². The van der Waals surface area contributed by atoms with E-state index in [1.807, 2.05) is 38.1 Å². The van der Waals surface area contributed by atoms with E-state index in [9.17, 15) is 4.57 Å². The third kappa shape index (κ3) is 4.25. The van der Waals surface area contributed by atoms with Crippen molar-refractivity contribution in [2.24, 2.45) is 0 Å². The van der Waals surface area contributed by atoms with Gasteiger partial charge in [-0.3, -0.25) is 4.57 Å². The van der Waals surface area contributed by atoms with Gasteiger partial charge in [0.25, 0.3) is 0 Å². The van der Waals surface area contributed by atoms with Gasteiger partial charge in [0.2, 0.25) is 7.37 Å². The molecule has 0 heterocycles. The SMILES string of the molecule is CCP(=O)(CC)OCc1ccc(I)cc1. The van der Waals surface area contributed by atoms with Crippen molar-refractivity contribution in [3.63, 3.8) is 0 Å². The second kappa shape index (κ2) is 6.02. The van der Waals surface area contributed by atoms with Crippen LogP contribution in [-0.2, 0) is 15.7 Å². The fourth-order valence-electron chi connectivity index (χ4n) is 1.18. The Labute approximate surface area is 105 Å². The van der Waals surface area contributed by atoms with Crippen LogP contribution in [0.4, 0.5) is 0 Å². The summed E-state index contributed by atoms with van der Waals surface area (Å²) >= 11 is 2.26. The van der Waals surface area contributed by atoms with E-state index < -0.39 is 7.37 Å². The summed E-state index contributed by atoms with van der Waals surface area (Å²) in [5.74, 6) is 0. The number of rotatable bonds is 5. The van der Waals surface area contributed by atoms with Gasteiger partial charge in [-0.15, -0.1) is 0 Å². The maximum atomic E-state index is 12.0. The summed E-state index contributed by atoms with van der Waals surface area (Å²) < 4.78 is 18.7. The number of benzene rings is 1. The molecule has 0 saturated heterocycles. The first-order valence-electron chi connectivity index (χ1n) is 5.06. The van der Waals surface area contributed by atoms with Crippen molar-refractivity contribution in [1.82, 2.24) is 0 Å². The monoisotopic (exact) mass is 338 g/mol. The van der Waals surface area contributed by atoms with Crippen LogP contribution in [0.3, 0.4) is 0 Å². The van der Waals surface area contributed by atoms with Crippen LogP contribution in [0.2, 0.25) is 0 Å². The van der Waals surface area contributed by atoms with E-state index in [0.29, 0.717) is 18.9 Å². The summed E-state index contributed by atoms with van der Waals surface area (Å²) in [6.45, 7) is 4.28. The molecule has 0 radical (unpaired) electrons. The van der Waals surface area contributed by atoms with Gasteiger partial charge in [-0.2, -0.15) is 0 Å². The Bertz CT molecular complexity index is 340. The van der Waals surface area contributed by atoms with E-state index in [0.717, 1.165) is 5.56 Å². The van der Waals surface area contributed by atoms with Crippen LogP contribution in [0.1, 0.15) is 19.4 Å². The Morgan fingerprint density at radius 3 is 2.20 bits per heavy atom. The highest BCUT2D eigenvalue weighted by molar-refractivity contribution is 14.1. The minimum absolute atomic E-state index is 0.454. The summed E-state index contributed by atoms with van der Waals surface area (Å²) in [5, 5.41) is 0. The fraction of sp³-hybridized carbons (Fsp3) is 0.455. The molecule has 1 rings (SSSR count). The molecule has 1 aromatic rings. The second-order valence-electron chi connectivity index (χ2n) is 3.35. The Morgan fingerprint density at radius 2 is 1.73 bits per heavy atom. The maximum Gasteiger partial charge on any atom is 0.202 e. The zero-order valence-electron chi connectivity index (χ0n) is 9.07. The van der Waals surface area contributed by atoms with Crippen LogP contribution >= 0.6 is 30.0 Å². The normalized spacial score (nSPS) is 11.7. The minimum Gasteiger partial charge on any atom is -0.324 e. The molecule has 0 bridgehead atoms. The highest BCUT2D eigenvalue weighted by Gasteiger charge is 2.17. The van der Waals surface area contributed by atoms with Crippen molar-refractivity contribution in [3.8, 4) is 0 Å². The van der Waals surface area contributed by atoms with Gasteiger partial charge < -0.3 is 4.52 Å². The first-order chi connectivity index (χ1) is 7.09. The van der Waals surface area contributed by atoms with E-state index in [2.05, 4.69) is 22.6 Å². The molecular weight excluding hydrogens is 322 g/mol. The van der Waals surface area contributed by atoms with Gasteiger partial charge in [0.05, 0.1) is 6.61 Å². The molecule has 84 valence electrons. The lowest BCUT2D eigenvalue weighted by molar-refractivity contribution is 0.304. The van der Waals surface area contributed by atoms with Crippen LogP contribution in [0, 0.1) is 3.57 Å². The third-order valence-electron chi connectivity index (χ3n) is 2.34. The average Bonchev–Trinajstić information content (AvgIpc) is 2.28. The van der Waals surface area contributed by atoms with Gasteiger partial charge in [0.15, 0.2) is 0 Å². The van der Waals surface area contributed by atoms with Gasteiger partial charge in [-0.25, -0.2) is 0 Å². The lowest BCUT2D eigenvalue weighted by Crippen LogP contribution is -1.96. The van der Waals surface area contributed by atoms with Crippen molar-refractivity contribution in [2.45, 2.75) is 20.5 Å². The van der Waals surface area contributed by atoms with E-state index in [4.69, 9.17) is 4.52 Å². The lowest BCUT2D eigenvalue weighted by atomic mass is 10.2. The molecule has 0 atom stereocenters. The quantitative estimate of drug-likeness (QED) is 0.596. The van der Waals surface area contributed by atoms with Crippen LogP contribution in [-0.4, -0.2) is 12.3 Å². The molecule has 0 saturated carbocycles. The molecule has 2 nitrogen and oxygen atoms in total. The topological polar surface area (TPSA) is 26.3 Å². The fourth-order valence-corrected chi connectivity index (χ4v) is 2.74. The van der Waals surface area contributed by atoms with Gasteiger partial charge in [-0.1, -0.05) is 26.0 Å². The van der Waals surface area contributed by atoms with Crippen molar-refractivity contribution >= 4 is 30.0 Å². The standard InChI is InChI=1S/C11H16IO2P/c1-3-15(13,4-2)14-9-10-5-7-11(12)8-6-10/h5-8H,3-4,9H2,1-2H3. The zero-order valence-corrected chi connectivity index (χ0v) is 12.1. The van der Waals surface area contributed by atoms with E-state index in [1.54, 1.807) is 0 Å². The van der Waals surface area contributed by atoms with E-state index in [1.165, 1.54) is 3.57 Å². The van der Waals surface area contributed by atoms with Crippen molar-refractivity contribution in [1.29, 1.82) is 0 Å². The van der Waals surface area contributed by atoms with E-state index in [-0.39, 0.29) is 0 Å². The lowest BCUT2D eigenvalue weighted by Gasteiger charge is -2.14. The van der Waals surface area contributed by atoms with Gasteiger partial charge in [0.1, 0.15) is 0 Å². The molecule has 4 heteroatoms. The summed E-state index contributed by atoms with van der Waals surface area (Å²) in [6.07, 6.45) is 1.24. The van der Waals surface area contributed by atoms with Crippen LogP contribution in [0.5, 0.6) is 0 Å². The molecule has 0 fully saturated rings. The molecular formula is C11H16IO2P. The molecule has 0 aliphatic carbocycles. The Hall–Kier alpha value is 0.140. The summed E-state index contributed by atoms with van der Waals surface area (Å²) in [4.78, 5) is 0. The zero-order chi connectivity index (χ0) is 11.3. The Kier molecular flexibility index (Phi) is 5.30. The highest BCUT2D eigenvalue weighted by Crippen LogP contribution is 2.46. The third-order valence-corrected chi connectivity index (χ3v) is 5.59. The maximum absolute atomic E-state index is 12.0. The predicted octanol–water partition coefficient (Wildman–Crippen LogP) is 4.13. The van der Waals surface area contributed by atoms with Crippen LogP contribution in [0.15, 0.2) is 24.3 Å². The van der Waals surface area contributed by atoms with Gasteiger partial charge in [-0.05, 0) is 40.3 Å². The highest BCUT2D eigenvalue weighted by atomic mass is 127. The molecule has 1 aromatic carbocycles. The van der Waals surface area contributed by atoms with Crippen LogP contribution < -0.4 is 0 Å². The van der Waals surface area contributed by atoms with Gasteiger partial charge in [0, 0.05) is 15.9 Å². The molecule has 0 amide bonds.